The Morgan fingerprint density at radius 1 is 0.583 bits per heavy atom. The monoisotopic (exact) mass is 336 g/mol. The third-order valence-corrected chi connectivity index (χ3v) is 5.65. The Kier molecular flexibility index (Phi) is 9.22. The van der Waals surface area contributed by atoms with Crippen molar-refractivity contribution in [3.63, 3.8) is 0 Å². The molecule has 4 nitrogen and oxygen atoms in total. The number of hydrogen-bond donors (Lipinski definition) is 2. The zero-order valence-electron chi connectivity index (χ0n) is 15.3. The van der Waals surface area contributed by atoms with Crippen LogP contribution in [0.15, 0.2) is 0 Å². The minimum atomic E-state index is 0.272. The molecule has 2 N–H and O–H groups in total. The van der Waals surface area contributed by atoms with E-state index in [1.165, 1.54) is 38.5 Å². The van der Waals surface area contributed by atoms with Gasteiger partial charge in [-0.1, -0.05) is 51.4 Å². The van der Waals surface area contributed by atoms with Gasteiger partial charge in [-0.15, -0.1) is 0 Å². The number of amides is 2. The maximum absolute atomic E-state index is 12.0. The van der Waals surface area contributed by atoms with Crippen molar-refractivity contribution in [2.24, 2.45) is 11.8 Å². The van der Waals surface area contributed by atoms with Gasteiger partial charge in [-0.2, -0.15) is 0 Å². The molecule has 0 unspecified atom stereocenters. The second-order valence-corrected chi connectivity index (χ2v) is 7.67. The van der Waals surface area contributed by atoms with Gasteiger partial charge in [-0.25, -0.2) is 0 Å². The van der Waals surface area contributed by atoms with Gasteiger partial charge in [0.2, 0.25) is 11.8 Å². The average Bonchev–Trinajstić information content (AvgIpc) is 2.65. The normalized spacial score (nSPS) is 19.8. The molecule has 0 aliphatic heterocycles. The molecule has 138 valence electrons. The lowest BCUT2D eigenvalue weighted by molar-refractivity contribution is -0.126. The van der Waals surface area contributed by atoms with Crippen LogP contribution in [0.4, 0.5) is 0 Å². The standard InChI is InChI=1S/C20H36N2O2/c23-19(17-11-5-3-6-12-17)21-15-9-1-2-10-16-22-20(24)18-13-7-4-8-14-18/h17-18H,1-16H2,(H,21,23)(H,22,24). The van der Waals surface area contributed by atoms with Gasteiger partial charge in [0.25, 0.3) is 0 Å². The van der Waals surface area contributed by atoms with Gasteiger partial charge in [0.05, 0.1) is 0 Å². The van der Waals surface area contributed by atoms with Crippen molar-refractivity contribution in [3.05, 3.63) is 0 Å². The molecule has 2 rings (SSSR count). The van der Waals surface area contributed by atoms with E-state index < -0.39 is 0 Å². The maximum Gasteiger partial charge on any atom is 0.223 e. The molecular weight excluding hydrogens is 300 g/mol. The predicted octanol–water partition coefficient (Wildman–Crippen LogP) is 3.94. The molecule has 0 heterocycles. The molecule has 0 atom stereocenters. The number of hydrogen-bond acceptors (Lipinski definition) is 2. The molecule has 0 aromatic carbocycles. The summed E-state index contributed by atoms with van der Waals surface area (Å²) in [6.07, 6.45) is 16.1. The molecule has 0 saturated heterocycles. The van der Waals surface area contributed by atoms with Crippen LogP contribution in [0.1, 0.15) is 89.9 Å². The van der Waals surface area contributed by atoms with Crippen LogP contribution in [0, 0.1) is 11.8 Å². The summed E-state index contributed by atoms with van der Waals surface area (Å²) < 4.78 is 0. The van der Waals surface area contributed by atoms with E-state index in [9.17, 15) is 9.59 Å². The average molecular weight is 337 g/mol. The van der Waals surface area contributed by atoms with Crippen LogP contribution < -0.4 is 10.6 Å². The van der Waals surface area contributed by atoms with Gasteiger partial charge in [0, 0.05) is 24.9 Å². The molecular formula is C20H36N2O2. The zero-order valence-corrected chi connectivity index (χ0v) is 15.3. The van der Waals surface area contributed by atoms with Crippen molar-refractivity contribution in [3.8, 4) is 0 Å². The first-order valence-corrected chi connectivity index (χ1v) is 10.3. The van der Waals surface area contributed by atoms with Gasteiger partial charge >= 0.3 is 0 Å². The topological polar surface area (TPSA) is 58.2 Å². The predicted molar refractivity (Wildman–Crippen MR) is 97.6 cm³/mol. The second kappa shape index (κ2) is 11.5. The first-order valence-electron chi connectivity index (χ1n) is 10.3. The minimum Gasteiger partial charge on any atom is -0.356 e. The number of carbonyl (C=O) groups is 2. The van der Waals surface area contributed by atoms with Crippen LogP contribution >= 0.6 is 0 Å². The van der Waals surface area contributed by atoms with E-state index in [2.05, 4.69) is 10.6 Å². The third kappa shape index (κ3) is 7.23. The van der Waals surface area contributed by atoms with Gasteiger partial charge in [-0.05, 0) is 38.5 Å². The summed E-state index contributed by atoms with van der Waals surface area (Å²) in [5.74, 6) is 1.09. The van der Waals surface area contributed by atoms with Crippen LogP contribution in [0.5, 0.6) is 0 Å². The molecule has 0 radical (unpaired) electrons. The van der Waals surface area contributed by atoms with Crippen LogP contribution in [0.25, 0.3) is 0 Å². The second-order valence-electron chi connectivity index (χ2n) is 7.67. The SMILES string of the molecule is O=C(NCCCCCCNC(=O)C1CCCCC1)C1CCCCC1. The van der Waals surface area contributed by atoms with Crippen molar-refractivity contribution in [2.45, 2.75) is 89.9 Å². The smallest absolute Gasteiger partial charge is 0.223 e. The highest BCUT2D eigenvalue weighted by atomic mass is 16.2. The summed E-state index contributed by atoms with van der Waals surface area (Å²) in [6, 6.07) is 0. The summed E-state index contributed by atoms with van der Waals surface area (Å²) >= 11 is 0. The highest BCUT2D eigenvalue weighted by Crippen LogP contribution is 2.24. The molecule has 2 aliphatic rings. The third-order valence-electron chi connectivity index (χ3n) is 5.65. The Morgan fingerprint density at radius 2 is 0.958 bits per heavy atom. The van der Waals surface area contributed by atoms with Crippen LogP contribution in [-0.2, 0) is 9.59 Å². The van der Waals surface area contributed by atoms with Crippen molar-refractivity contribution < 1.29 is 9.59 Å². The first-order chi connectivity index (χ1) is 11.8. The molecule has 24 heavy (non-hydrogen) atoms. The Bertz CT molecular complexity index is 336. The van der Waals surface area contributed by atoms with E-state index in [0.29, 0.717) is 0 Å². The number of carbonyl (C=O) groups excluding carboxylic acids is 2. The van der Waals surface area contributed by atoms with E-state index in [-0.39, 0.29) is 23.7 Å². The molecule has 0 bridgehead atoms. The van der Waals surface area contributed by atoms with E-state index >= 15 is 0 Å². The summed E-state index contributed by atoms with van der Waals surface area (Å²) in [6.45, 7) is 1.62. The first kappa shape index (κ1) is 19.3. The lowest BCUT2D eigenvalue weighted by Crippen LogP contribution is -2.33. The van der Waals surface area contributed by atoms with E-state index in [1.54, 1.807) is 0 Å². The van der Waals surface area contributed by atoms with Gasteiger partial charge in [0.15, 0.2) is 0 Å². The fourth-order valence-electron chi connectivity index (χ4n) is 4.04. The largest absolute Gasteiger partial charge is 0.356 e. The Morgan fingerprint density at radius 3 is 1.33 bits per heavy atom. The molecule has 0 spiro atoms. The summed E-state index contributed by atoms with van der Waals surface area (Å²) in [4.78, 5) is 24.0. The Labute approximate surface area is 147 Å². The van der Waals surface area contributed by atoms with Gasteiger partial charge < -0.3 is 10.6 Å². The quantitative estimate of drug-likeness (QED) is 0.627. The Hall–Kier alpha value is -1.06. The molecule has 2 fully saturated rings. The van der Waals surface area contributed by atoms with Gasteiger partial charge in [-0.3, -0.25) is 9.59 Å². The van der Waals surface area contributed by atoms with Crippen molar-refractivity contribution in [2.75, 3.05) is 13.1 Å². The van der Waals surface area contributed by atoms with Crippen molar-refractivity contribution in [1.29, 1.82) is 0 Å². The molecule has 4 heteroatoms. The molecule has 2 amide bonds. The van der Waals surface area contributed by atoms with Crippen LogP contribution in [0.3, 0.4) is 0 Å². The maximum atomic E-state index is 12.0. The molecule has 0 aromatic rings. The molecule has 0 aromatic heterocycles. The fourth-order valence-corrected chi connectivity index (χ4v) is 4.04. The Balaban J connectivity index is 1.40. The van der Waals surface area contributed by atoms with Crippen LogP contribution in [-0.4, -0.2) is 24.9 Å². The van der Waals surface area contributed by atoms with E-state index in [4.69, 9.17) is 0 Å². The number of unbranched alkanes of at least 4 members (excludes halogenated alkanes) is 3. The van der Waals surface area contributed by atoms with Crippen molar-refractivity contribution in [1.82, 2.24) is 10.6 Å². The highest BCUT2D eigenvalue weighted by molar-refractivity contribution is 5.79. The zero-order chi connectivity index (χ0) is 17.0. The van der Waals surface area contributed by atoms with E-state index in [1.807, 2.05) is 0 Å². The summed E-state index contributed by atoms with van der Waals surface area (Å²) in [5, 5.41) is 6.19. The fraction of sp³-hybridized carbons (Fsp3) is 0.900. The summed E-state index contributed by atoms with van der Waals surface area (Å²) in [7, 11) is 0. The van der Waals surface area contributed by atoms with Crippen molar-refractivity contribution >= 4 is 11.8 Å². The minimum absolute atomic E-state index is 0.272. The lowest BCUT2D eigenvalue weighted by atomic mass is 9.88. The number of nitrogens with one attached hydrogen (secondary N) is 2. The number of rotatable bonds is 9. The van der Waals surface area contributed by atoms with Gasteiger partial charge in [0.1, 0.15) is 0 Å². The van der Waals surface area contributed by atoms with E-state index in [0.717, 1.165) is 64.5 Å². The molecule has 2 saturated carbocycles. The van der Waals surface area contributed by atoms with Crippen LogP contribution in [0.2, 0.25) is 0 Å². The molecule has 2 aliphatic carbocycles. The highest BCUT2D eigenvalue weighted by Gasteiger charge is 2.21. The summed E-state index contributed by atoms with van der Waals surface area (Å²) in [5.41, 5.74) is 0. The lowest BCUT2D eigenvalue weighted by Gasteiger charge is -2.21.